The fourth-order valence-corrected chi connectivity index (χ4v) is 3.10. The molecule has 1 amide bonds. The molecule has 0 aromatic heterocycles. The summed E-state index contributed by atoms with van der Waals surface area (Å²) in [6.45, 7) is 2.38. The number of ether oxygens (including phenoxy) is 1. The molecule has 7 heteroatoms. The molecular weight excluding hydrogens is 358 g/mol. The van der Waals surface area contributed by atoms with Gasteiger partial charge in [0.15, 0.2) is 0 Å². The smallest absolute Gasteiger partial charge is 0.329 e. The van der Waals surface area contributed by atoms with Crippen molar-refractivity contribution in [1.29, 1.82) is 0 Å². The van der Waals surface area contributed by atoms with Gasteiger partial charge in [0.1, 0.15) is 12.2 Å². The highest BCUT2D eigenvalue weighted by Gasteiger charge is 2.42. The average Bonchev–Trinajstić information content (AvgIpc) is 2.41. The Morgan fingerprint density at radius 3 is 2.57 bits per heavy atom. The van der Waals surface area contributed by atoms with Crippen molar-refractivity contribution in [2.24, 2.45) is 0 Å². The maximum absolute atomic E-state index is 12.0. The molecule has 0 aliphatic carbocycles. The summed E-state index contributed by atoms with van der Waals surface area (Å²) < 4.78 is 6.28. The number of hydrogen-bond acceptors (Lipinski definition) is 4. The van der Waals surface area contributed by atoms with Crippen molar-refractivity contribution < 1.29 is 19.4 Å². The van der Waals surface area contributed by atoms with Gasteiger partial charge in [-0.3, -0.25) is 4.79 Å². The molecule has 0 radical (unpaired) electrons. The number of aliphatic carboxylic acids is 1. The number of halogens is 1. The van der Waals surface area contributed by atoms with Crippen LogP contribution in [0.4, 0.5) is 0 Å². The average molecular weight is 374 g/mol. The first-order valence-electron chi connectivity index (χ1n) is 6.40. The Bertz CT molecular complexity index is 528. The largest absolute Gasteiger partial charge is 0.480 e. The number of carboxylic acid groups (broad SMARTS) is 1. The van der Waals surface area contributed by atoms with Gasteiger partial charge in [0, 0.05) is 9.37 Å². The Hall–Kier alpha value is -1.05. The van der Waals surface area contributed by atoms with Gasteiger partial charge in [-0.25, -0.2) is 4.79 Å². The van der Waals surface area contributed by atoms with E-state index in [0.29, 0.717) is 18.8 Å². The van der Waals surface area contributed by atoms with Crippen molar-refractivity contribution in [3.05, 3.63) is 28.7 Å². The lowest BCUT2D eigenvalue weighted by Gasteiger charge is -2.47. The Kier molecular flexibility index (Phi) is 5.29. The van der Waals surface area contributed by atoms with E-state index in [9.17, 15) is 9.59 Å². The summed E-state index contributed by atoms with van der Waals surface area (Å²) in [6.07, 6.45) is 0. The number of rotatable bonds is 6. The molecule has 1 aromatic rings. The van der Waals surface area contributed by atoms with Crippen LogP contribution in [0.1, 0.15) is 6.92 Å². The summed E-state index contributed by atoms with van der Waals surface area (Å²) in [5.41, 5.74) is -0.531. The minimum absolute atomic E-state index is 0.0410. The second-order valence-electron chi connectivity index (χ2n) is 5.12. The van der Waals surface area contributed by atoms with Crippen molar-refractivity contribution in [1.82, 2.24) is 4.90 Å². The van der Waals surface area contributed by atoms with E-state index in [1.165, 1.54) is 11.8 Å². The summed E-state index contributed by atoms with van der Waals surface area (Å²) in [7, 11) is 0. The number of carbonyl (C=O) groups excluding carboxylic acids is 1. The number of likely N-dealkylation sites (tertiary alicyclic amines) is 1. The lowest BCUT2D eigenvalue weighted by atomic mass is 9.96. The highest BCUT2D eigenvalue weighted by atomic mass is 79.9. The van der Waals surface area contributed by atoms with Gasteiger partial charge in [-0.15, -0.1) is 11.8 Å². The molecule has 21 heavy (non-hydrogen) atoms. The fourth-order valence-electron chi connectivity index (χ4n) is 2.03. The third kappa shape index (κ3) is 4.72. The predicted molar refractivity (Wildman–Crippen MR) is 83.4 cm³/mol. The second-order valence-corrected chi connectivity index (χ2v) is 7.09. The molecule has 1 aliphatic heterocycles. The SMILES string of the molecule is CC1(OCC(=O)O)CN(C(=O)CSc2ccc(Br)cc2)C1. The Morgan fingerprint density at radius 2 is 2.00 bits per heavy atom. The van der Waals surface area contributed by atoms with Crippen molar-refractivity contribution in [2.45, 2.75) is 17.4 Å². The molecule has 0 bridgehead atoms. The van der Waals surface area contributed by atoms with Crippen molar-refractivity contribution in [3.8, 4) is 0 Å². The first kappa shape index (κ1) is 16.3. The normalized spacial score (nSPS) is 16.4. The van der Waals surface area contributed by atoms with Crippen LogP contribution in [0.25, 0.3) is 0 Å². The van der Waals surface area contributed by atoms with Gasteiger partial charge in [-0.1, -0.05) is 15.9 Å². The quantitative estimate of drug-likeness (QED) is 0.774. The monoisotopic (exact) mass is 373 g/mol. The van der Waals surface area contributed by atoms with E-state index >= 15 is 0 Å². The predicted octanol–water partition coefficient (Wildman–Crippen LogP) is 2.24. The van der Waals surface area contributed by atoms with Crippen molar-refractivity contribution in [2.75, 3.05) is 25.4 Å². The maximum Gasteiger partial charge on any atom is 0.329 e. The number of nitrogens with zero attached hydrogens (tertiary/aromatic N) is 1. The van der Waals surface area contributed by atoms with E-state index in [2.05, 4.69) is 15.9 Å². The van der Waals surface area contributed by atoms with Crippen LogP contribution >= 0.6 is 27.7 Å². The van der Waals surface area contributed by atoms with Gasteiger partial charge in [0.05, 0.1) is 18.8 Å². The van der Waals surface area contributed by atoms with E-state index in [0.717, 1.165) is 9.37 Å². The maximum atomic E-state index is 12.0. The van der Waals surface area contributed by atoms with Gasteiger partial charge < -0.3 is 14.7 Å². The molecule has 0 atom stereocenters. The molecule has 2 rings (SSSR count). The number of carbonyl (C=O) groups is 2. The van der Waals surface area contributed by atoms with Crippen LogP contribution in [0.15, 0.2) is 33.6 Å². The van der Waals surface area contributed by atoms with E-state index in [1.54, 1.807) is 4.90 Å². The zero-order valence-corrected chi connectivity index (χ0v) is 13.9. The summed E-state index contributed by atoms with van der Waals surface area (Å²) in [5, 5.41) is 8.59. The molecule has 1 fully saturated rings. The molecule has 1 aromatic carbocycles. The first-order valence-corrected chi connectivity index (χ1v) is 8.18. The summed E-state index contributed by atoms with van der Waals surface area (Å²) in [5.74, 6) is -0.581. The number of hydrogen-bond donors (Lipinski definition) is 1. The minimum atomic E-state index is -0.994. The second kappa shape index (κ2) is 6.81. The zero-order valence-electron chi connectivity index (χ0n) is 11.5. The van der Waals surface area contributed by atoms with Crippen LogP contribution in [0.5, 0.6) is 0 Å². The molecule has 1 aliphatic rings. The lowest BCUT2D eigenvalue weighted by molar-refractivity contribution is -0.171. The van der Waals surface area contributed by atoms with Crippen LogP contribution in [-0.2, 0) is 14.3 Å². The van der Waals surface area contributed by atoms with Gasteiger partial charge in [0.25, 0.3) is 0 Å². The topological polar surface area (TPSA) is 66.8 Å². The highest BCUT2D eigenvalue weighted by Crippen LogP contribution is 2.27. The van der Waals surface area contributed by atoms with Crippen LogP contribution < -0.4 is 0 Å². The van der Waals surface area contributed by atoms with Crippen LogP contribution in [0.2, 0.25) is 0 Å². The van der Waals surface area contributed by atoms with Crippen LogP contribution in [0.3, 0.4) is 0 Å². The van der Waals surface area contributed by atoms with Gasteiger partial charge >= 0.3 is 5.97 Å². The van der Waals surface area contributed by atoms with Crippen molar-refractivity contribution >= 4 is 39.6 Å². The number of benzene rings is 1. The first-order chi connectivity index (χ1) is 9.88. The van der Waals surface area contributed by atoms with Gasteiger partial charge in [-0.05, 0) is 31.2 Å². The van der Waals surface area contributed by atoms with E-state index < -0.39 is 11.6 Å². The molecular formula is C14H16BrNO4S. The van der Waals surface area contributed by atoms with Gasteiger partial charge in [-0.2, -0.15) is 0 Å². The number of carboxylic acids is 1. The Labute approximate surface area is 135 Å². The number of amides is 1. The fraction of sp³-hybridized carbons (Fsp3) is 0.429. The molecule has 0 unspecified atom stereocenters. The molecule has 1 heterocycles. The third-order valence-corrected chi connectivity index (χ3v) is 4.65. The highest BCUT2D eigenvalue weighted by molar-refractivity contribution is 9.10. The molecule has 114 valence electrons. The molecule has 1 saturated heterocycles. The van der Waals surface area contributed by atoms with Crippen molar-refractivity contribution in [3.63, 3.8) is 0 Å². The number of thioether (sulfide) groups is 1. The summed E-state index contributed by atoms with van der Waals surface area (Å²) >= 11 is 4.85. The van der Waals surface area contributed by atoms with Crippen LogP contribution in [-0.4, -0.2) is 52.9 Å². The molecule has 5 nitrogen and oxygen atoms in total. The van der Waals surface area contributed by atoms with E-state index in [4.69, 9.17) is 9.84 Å². The summed E-state index contributed by atoms with van der Waals surface area (Å²) in [6, 6.07) is 7.79. The summed E-state index contributed by atoms with van der Waals surface area (Å²) in [4.78, 5) is 25.2. The van der Waals surface area contributed by atoms with Crippen LogP contribution in [0, 0.1) is 0 Å². The van der Waals surface area contributed by atoms with E-state index in [-0.39, 0.29) is 12.5 Å². The molecule has 0 saturated carbocycles. The lowest BCUT2D eigenvalue weighted by Crippen LogP contribution is -2.63. The minimum Gasteiger partial charge on any atom is -0.480 e. The standard InChI is InChI=1S/C14H16BrNO4S/c1-14(20-6-13(18)19)8-16(9-14)12(17)7-21-11-4-2-10(15)3-5-11/h2-5H,6-9H2,1H3,(H,18,19). The zero-order chi connectivity index (χ0) is 15.5. The molecule has 1 N–H and O–H groups in total. The Morgan fingerprint density at radius 1 is 1.38 bits per heavy atom. The Balaban J connectivity index is 1.73. The van der Waals surface area contributed by atoms with E-state index in [1.807, 2.05) is 31.2 Å². The van der Waals surface area contributed by atoms with Gasteiger partial charge in [0.2, 0.25) is 5.91 Å². The third-order valence-electron chi connectivity index (χ3n) is 3.12. The molecule has 0 spiro atoms.